The predicted molar refractivity (Wildman–Crippen MR) is 79.0 cm³/mol. The van der Waals surface area contributed by atoms with E-state index in [2.05, 4.69) is 0 Å². The summed E-state index contributed by atoms with van der Waals surface area (Å²) in [7, 11) is 0. The summed E-state index contributed by atoms with van der Waals surface area (Å²) in [6.45, 7) is 3.76. The minimum Gasteiger partial charge on any atom is -0.460 e. The third-order valence-electron chi connectivity index (χ3n) is 3.15. The van der Waals surface area contributed by atoms with Crippen LogP contribution in [0.1, 0.15) is 34.6 Å². The minimum absolute atomic E-state index is 0.0670. The van der Waals surface area contributed by atoms with Gasteiger partial charge in [0.15, 0.2) is 5.79 Å². The molecule has 0 radical (unpaired) electrons. The molecular formula is C16H20O7. The van der Waals surface area contributed by atoms with Gasteiger partial charge in [-0.3, -0.25) is 0 Å². The van der Waals surface area contributed by atoms with E-state index in [0.29, 0.717) is 17.7 Å². The highest BCUT2D eigenvalue weighted by molar-refractivity contribution is 5.93. The van der Waals surface area contributed by atoms with Crippen molar-refractivity contribution in [3.05, 3.63) is 35.4 Å². The molecule has 0 aliphatic carbocycles. The van der Waals surface area contributed by atoms with Gasteiger partial charge in [-0.15, -0.1) is 0 Å². The molecule has 0 aromatic heterocycles. The first kappa shape index (κ1) is 17.4. The van der Waals surface area contributed by atoms with Gasteiger partial charge in [-0.2, -0.15) is 0 Å². The van der Waals surface area contributed by atoms with Crippen LogP contribution in [-0.4, -0.2) is 55.4 Å². The maximum absolute atomic E-state index is 11.9. The Morgan fingerprint density at radius 2 is 1.74 bits per heavy atom. The van der Waals surface area contributed by atoms with E-state index in [1.807, 2.05) is 0 Å². The summed E-state index contributed by atoms with van der Waals surface area (Å²) in [5.41, 5.74) is 0.617. The van der Waals surface area contributed by atoms with Crippen LogP contribution in [0, 0.1) is 0 Å². The first-order chi connectivity index (χ1) is 10.9. The molecule has 1 fully saturated rings. The summed E-state index contributed by atoms with van der Waals surface area (Å²) in [6, 6.07) is 5.89. The van der Waals surface area contributed by atoms with Gasteiger partial charge in [-0.1, -0.05) is 0 Å². The van der Waals surface area contributed by atoms with E-state index in [1.54, 1.807) is 13.8 Å². The highest BCUT2D eigenvalue weighted by Crippen LogP contribution is 2.22. The minimum atomic E-state index is -0.659. The topological polar surface area (TPSA) is 91.3 Å². The number of aliphatic hydroxyl groups excluding tert-OH is 1. The van der Waals surface area contributed by atoms with Crippen molar-refractivity contribution in [2.45, 2.75) is 25.7 Å². The molecule has 7 heteroatoms. The normalized spacial score (nSPS) is 19.3. The van der Waals surface area contributed by atoms with Crippen molar-refractivity contribution in [1.29, 1.82) is 0 Å². The summed E-state index contributed by atoms with van der Waals surface area (Å²) in [6.07, 6.45) is -0.290. The van der Waals surface area contributed by atoms with Crippen molar-refractivity contribution in [3.63, 3.8) is 0 Å². The van der Waals surface area contributed by atoms with E-state index in [-0.39, 0.29) is 25.9 Å². The summed E-state index contributed by atoms with van der Waals surface area (Å²) < 4.78 is 20.9. The molecule has 1 aromatic carbocycles. The predicted octanol–water partition coefficient (Wildman–Crippen LogP) is 1.14. The van der Waals surface area contributed by atoms with E-state index in [1.165, 1.54) is 24.3 Å². The van der Waals surface area contributed by atoms with Crippen LogP contribution in [-0.2, 0) is 18.9 Å². The van der Waals surface area contributed by atoms with Crippen molar-refractivity contribution in [3.8, 4) is 0 Å². The number of carbonyl (C=O) groups is 2. The molecule has 1 saturated heterocycles. The Balaban J connectivity index is 1.84. The van der Waals surface area contributed by atoms with E-state index in [4.69, 9.17) is 24.1 Å². The Kier molecular flexibility index (Phi) is 5.70. The third-order valence-corrected chi connectivity index (χ3v) is 3.15. The van der Waals surface area contributed by atoms with Gasteiger partial charge in [0.25, 0.3) is 0 Å². The van der Waals surface area contributed by atoms with Crippen LogP contribution in [0.25, 0.3) is 0 Å². The zero-order chi connectivity index (χ0) is 16.9. The van der Waals surface area contributed by atoms with Crippen LogP contribution in [0.3, 0.4) is 0 Å². The maximum atomic E-state index is 11.9. The van der Waals surface area contributed by atoms with Crippen molar-refractivity contribution >= 4 is 11.9 Å². The number of rotatable bonds is 6. The number of hydrogen-bond donors (Lipinski definition) is 1. The van der Waals surface area contributed by atoms with Crippen LogP contribution in [0.15, 0.2) is 24.3 Å². The molecule has 1 atom stereocenters. The highest BCUT2D eigenvalue weighted by Gasteiger charge is 2.33. The standard InChI is InChI=1S/C16H20O7/c1-16(2)22-10-13(23-16)9-21-15(19)12-5-3-11(4-6-12)14(18)20-8-7-17/h3-6,13,17H,7-10H2,1-2H3. The molecule has 126 valence electrons. The average molecular weight is 324 g/mol. The zero-order valence-electron chi connectivity index (χ0n) is 13.1. The maximum Gasteiger partial charge on any atom is 0.338 e. The molecule has 7 nitrogen and oxygen atoms in total. The van der Waals surface area contributed by atoms with Crippen molar-refractivity contribution in [2.24, 2.45) is 0 Å². The van der Waals surface area contributed by atoms with Crippen LogP contribution in [0.4, 0.5) is 0 Å². The molecule has 0 bridgehead atoms. The average Bonchev–Trinajstić information content (AvgIpc) is 2.89. The number of esters is 2. The van der Waals surface area contributed by atoms with Crippen molar-refractivity contribution in [1.82, 2.24) is 0 Å². The van der Waals surface area contributed by atoms with Gasteiger partial charge >= 0.3 is 11.9 Å². The van der Waals surface area contributed by atoms with Gasteiger partial charge in [0.1, 0.15) is 19.3 Å². The summed E-state index contributed by atoms with van der Waals surface area (Å²) >= 11 is 0. The van der Waals surface area contributed by atoms with E-state index in [0.717, 1.165) is 0 Å². The van der Waals surface area contributed by atoms with E-state index < -0.39 is 17.7 Å². The molecule has 2 rings (SSSR count). The Labute approximate surface area is 134 Å². The number of hydrogen-bond acceptors (Lipinski definition) is 7. The number of ether oxygens (including phenoxy) is 4. The lowest BCUT2D eigenvalue weighted by molar-refractivity contribution is -0.142. The molecule has 1 aromatic rings. The molecule has 0 spiro atoms. The highest BCUT2D eigenvalue weighted by atomic mass is 16.7. The van der Waals surface area contributed by atoms with E-state index >= 15 is 0 Å². The molecule has 23 heavy (non-hydrogen) atoms. The first-order valence-corrected chi connectivity index (χ1v) is 7.28. The summed E-state index contributed by atoms with van der Waals surface area (Å²) in [4.78, 5) is 23.5. The molecular weight excluding hydrogens is 304 g/mol. The van der Waals surface area contributed by atoms with Crippen LogP contribution in [0.5, 0.6) is 0 Å². The Morgan fingerprint density at radius 3 is 2.22 bits per heavy atom. The van der Waals surface area contributed by atoms with Crippen LogP contribution < -0.4 is 0 Å². The monoisotopic (exact) mass is 324 g/mol. The lowest BCUT2D eigenvalue weighted by Gasteiger charge is -2.17. The Hall–Kier alpha value is -1.96. The Bertz CT molecular complexity index is 550. The number of benzene rings is 1. The van der Waals surface area contributed by atoms with Crippen LogP contribution >= 0.6 is 0 Å². The number of aliphatic hydroxyl groups is 1. The zero-order valence-corrected chi connectivity index (χ0v) is 13.1. The van der Waals surface area contributed by atoms with Crippen molar-refractivity contribution < 1.29 is 33.6 Å². The van der Waals surface area contributed by atoms with Gasteiger partial charge in [-0.05, 0) is 38.1 Å². The molecule has 0 saturated carbocycles. The Morgan fingerprint density at radius 1 is 1.17 bits per heavy atom. The quantitative estimate of drug-likeness (QED) is 0.785. The smallest absolute Gasteiger partial charge is 0.338 e. The van der Waals surface area contributed by atoms with Gasteiger partial charge in [-0.25, -0.2) is 9.59 Å². The molecule has 1 N–H and O–H groups in total. The summed E-state index contributed by atoms with van der Waals surface area (Å²) in [5, 5.41) is 8.60. The second-order valence-electron chi connectivity index (χ2n) is 5.49. The molecule has 1 aliphatic heterocycles. The fourth-order valence-corrected chi connectivity index (χ4v) is 2.06. The fraction of sp³-hybridized carbons (Fsp3) is 0.500. The van der Waals surface area contributed by atoms with Crippen molar-refractivity contribution in [2.75, 3.05) is 26.4 Å². The second kappa shape index (κ2) is 7.54. The van der Waals surface area contributed by atoms with Gasteiger partial charge in [0, 0.05) is 0 Å². The first-order valence-electron chi connectivity index (χ1n) is 7.28. The lowest BCUT2D eigenvalue weighted by Crippen LogP contribution is -2.25. The molecule has 1 unspecified atom stereocenters. The lowest BCUT2D eigenvalue weighted by atomic mass is 10.1. The van der Waals surface area contributed by atoms with Gasteiger partial charge < -0.3 is 24.1 Å². The largest absolute Gasteiger partial charge is 0.460 e. The van der Waals surface area contributed by atoms with E-state index in [9.17, 15) is 9.59 Å². The fourth-order valence-electron chi connectivity index (χ4n) is 2.06. The SMILES string of the molecule is CC1(C)OCC(COC(=O)c2ccc(C(=O)OCCO)cc2)O1. The van der Waals surface area contributed by atoms with Crippen LogP contribution in [0.2, 0.25) is 0 Å². The molecule has 0 amide bonds. The molecule has 1 heterocycles. The van der Waals surface area contributed by atoms with Gasteiger partial charge in [0.05, 0.1) is 24.3 Å². The second-order valence-corrected chi connectivity index (χ2v) is 5.49. The third kappa shape index (κ3) is 5.02. The van der Waals surface area contributed by atoms with Gasteiger partial charge in [0.2, 0.25) is 0 Å². The summed E-state index contributed by atoms with van der Waals surface area (Å²) in [5.74, 6) is -1.72. The number of carbonyl (C=O) groups excluding carboxylic acids is 2. The molecule has 1 aliphatic rings.